The third kappa shape index (κ3) is 4.95. The minimum absolute atomic E-state index is 0.0920. The lowest BCUT2D eigenvalue weighted by Crippen LogP contribution is -2.19. The van der Waals surface area contributed by atoms with Crippen molar-refractivity contribution in [2.75, 3.05) is 5.32 Å². The molecule has 1 N–H and O–H groups in total. The van der Waals surface area contributed by atoms with Crippen molar-refractivity contribution >= 4 is 11.7 Å². The SMILES string of the molecule is CC(C)OC(=O)CC(Nc1ccccc1)c1ccccc1. The molecule has 0 aliphatic carbocycles. The number of carbonyl (C=O) groups is 1. The molecular weight excluding hydrogens is 262 g/mol. The highest BCUT2D eigenvalue weighted by Gasteiger charge is 2.17. The third-order valence-corrected chi connectivity index (χ3v) is 3.05. The maximum atomic E-state index is 12.0. The van der Waals surface area contributed by atoms with Crippen molar-refractivity contribution in [1.82, 2.24) is 0 Å². The summed E-state index contributed by atoms with van der Waals surface area (Å²) in [6, 6.07) is 19.7. The van der Waals surface area contributed by atoms with Crippen molar-refractivity contribution in [2.45, 2.75) is 32.4 Å². The predicted molar refractivity (Wildman–Crippen MR) is 85.1 cm³/mol. The second-order valence-electron chi connectivity index (χ2n) is 5.22. The van der Waals surface area contributed by atoms with Crippen LogP contribution in [0.4, 0.5) is 5.69 Å². The molecule has 0 aromatic heterocycles. The van der Waals surface area contributed by atoms with Gasteiger partial charge in [0.15, 0.2) is 0 Å². The zero-order chi connectivity index (χ0) is 15.1. The lowest BCUT2D eigenvalue weighted by Gasteiger charge is -2.20. The van der Waals surface area contributed by atoms with Gasteiger partial charge in [0.1, 0.15) is 0 Å². The normalized spacial score (nSPS) is 12.0. The molecule has 0 aliphatic rings. The smallest absolute Gasteiger partial charge is 0.308 e. The molecule has 3 nitrogen and oxygen atoms in total. The fourth-order valence-corrected chi connectivity index (χ4v) is 2.15. The Labute approximate surface area is 126 Å². The molecule has 0 bridgehead atoms. The first-order valence-electron chi connectivity index (χ1n) is 7.21. The van der Waals surface area contributed by atoms with Gasteiger partial charge in [0.05, 0.1) is 18.6 Å². The van der Waals surface area contributed by atoms with Gasteiger partial charge >= 0.3 is 5.97 Å². The molecule has 0 amide bonds. The van der Waals surface area contributed by atoms with E-state index in [1.165, 1.54) is 0 Å². The lowest BCUT2D eigenvalue weighted by molar-refractivity contribution is -0.147. The predicted octanol–water partition coefficient (Wildman–Crippen LogP) is 4.18. The first-order chi connectivity index (χ1) is 10.1. The van der Waals surface area contributed by atoms with Gasteiger partial charge in [-0.25, -0.2) is 0 Å². The average molecular weight is 283 g/mol. The van der Waals surface area contributed by atoms with Crippen LogP contribution in [0.25, 0.3) is 0 Å². The van der Waals surface area contributed by atoms with E-state index in [2.05, 4.69) is 5.32 Å². The van der Waals surface area contributed by atoms with Crippen LogP contribution in [0.2, 0.25) is 0 Å². The molecular formula is C18H21NO2. The Morgan fingerprint density at radius 3 is 2.14 bits per heavy atom. The summed E-state index contributed by atoms with van der Waals surface area (Å²) < 4.78 is 5.26. The number of benzene rings is 2. The maximum Gasteiger partial charge on any atom is 0.308 e. The summed E-state index contributed by atoms with van der Waals surface area (Å²) in [4.78, 5) is 12.0. The van der Waals surface area contributed by atoms with Gasteiger partial charge in [-0.2, -0.15) is 0 Å². The number of carbonyl (C=O) groups excluding carboxylic acids is 1. The van der Waals surface area contributed by atoms with E-state index >= 15 is 0 Å². The van der Waals surface area contributed by atoms with Crippen LogP contribution < -0.4 is 5.32 Å². The summed E-state index contributed by atoms with van der Waals surface area (Å²) in [6.45, 7) is 3.72. The Hall–Kier alpha value is -2.29. The fraction of sp³-hybridized carbons (Fsp3) is 0.278. The first kappa shape index (κ1) is 15.1. The highest BCUT2D eigenvalue weighted by Crippen LogP contribution is 2.23. The Kier molecular flexibility index (Phi) is 5.38. The third-order valence-electron chi connectivity index (χ3n) is 3.05. The van der Waals surface area contributed by atoms with E-state index in [1.807, 2.05) is 74.5 Å². The summed E-state index contributed by atoms with van der Waals surface area (Å²) in [5.74, 6) is -0.192. The zero-order valence-electron chi connectivity index (χ0n) is 12.5. The summed E-state index contributed by atoms with van der Waals surface area (Å²) in [5.41, 5.74) is 2.06. The van der Waals surface area contributed by atoms with Crippen molar-refractivity contribution in [2.24, 2.45) is 0 Å². The number of hydrogen-bond acceptors (Lipinski definition) is 3. The fourth-order valence-electron chi connectivity index (χ4n) is 2.15. The van der Waals surface area contributed by atoms with Crippen LogP contribution in [0.1, 0.15) is 31.9 Å². The second kappa shape index (κ2) is 7.48. The number of anilines is 1. The number of rotatable bonds is 6. The van der Waals surface area contributed by atoms with Crippen LogP contribution >= 0.6 is 0 Å². The van der Waals surface area contributed by atoms with Gasteiger partial charge in [0.25, 0.3) is 0 Å². The molecule has 1 unspecified atom stereocenters. The maximum absolute atomic E-state index is 12.0. The van der Waals surface area contributed by atoms with Gasteiger partial charge in [0, 0.05) is 5.69 Å². The summed E-state index contributed by atoms with van der Waals surface area (Å²) in [6.07, 6.45) is 0.211. The molecule has 2 rings (SSSR count). The number of nitrogens with one attached hydrogen (secondary N) is 1. The first-order valence-corrected chi connectivity index (χ1v) is 7.21. The second-order valence-corrected chi connectivity index (χ2v) is 5.22. The topological polar surface area (TPSA) is 38.3 Å². The van der Waals surface area contributed by atoms with Crippen molar-refractivity contribution in [3.05, 3.63) is 66.2 Å². The monoisotopic (exact) mass is 283 g/mol. The van der Waals surface area contributed by atoms with Crippen molar-refractivity contribution in [3.63, 3.8) is 0 Å². The van der Waals surface area contributed by atoms with Crippen molar-refractivity contribution in [3.8, 4) is 0 Å². The van der Waals surface area contributed by atoms with Crippen LogP contribution in [0.5, 0.6) is 0 Å². The van der Waals surface area contributed by atoms with Crippen LogP contribution in [0.3, 0.4) is 0 Å². The minimum Gasteiger partial charge on any atom is -0.463 e. The molecule has 0 fully saturated rings. The van der Waals surface area contributed by atoms with E-state index in [4.69, 9.17) is 4.74 Å². The molecule has 21 heavy (non-hydrogen) atoms. The summed E-state index contributed by atoms with van der Waals surface area (Å²) >= 11 is 0. The van der Waals surface area contributed by atoms with Gasteiger partial charge in [-0.3, -0.25) is 4.79 Å². The molecule has 0 heterocycles. The molecule has 2 aromatic carbocycles. The summed E-state index contributed by atoms with van der Waals surface area (Å²) in [5, 5.41) is 3.40. The number of esters is 1. The Morgan fingerprint density at radius 2 is 1.57 bits per heavy atom. The molecule has 2 aromatic rings. The largest absolute Gasteiger partial charge is 0.463 e. The molecule has 0 saturated heterocycles. The number of para-hydroxylation sites is 1. The van der Waals surface area contributed by atoms with Crippen LogP contribution in [0, 0.1) is 0 Å². The average Bonchev–Trinajstić information content (AvgIpc) is 2.48. The molecule has 0 saturated carbocycles. The zero-order valence-corrected chi connectivity index (χ0v) is 12.5. The van der Waals surface area contributed by atoms with Crippen LogP contribution in [-0.2, 0) is 9.53 Å². The van der Waals surface area contributed by atoms with Gasteiger partial charge in [-0.1, -0.05) is 48.5 Å². The highest BCUT2D eigenvalue weighted by molar-refractivity contribution is 5.71. The van der Waals surface area contributed by atoms with E-state index < -0.39 is 0 Å². The number of hydrogen-bond donors (Lipinski definition) is 1. The van der Waals surface area contributed by atoms with E-state index in [0.717, 1.165) is 11.3 Å². The van der Waals surface area contributed by atoms with Crippen LogP contribution in [0.15, 0.2) is 60.7 Å². The Morgan fingerprint density at radius 1 is 1.00 bits per heavy atom. The lowest BCUT2D eigenvalue weighted by atomic mass is 10.0. The van der Waals surface area contributed by atoms with Gasteiger partial charge < -0.3 is 10.1 Å². The molecule has 1 atom stereocenters. The van der Waals surface area contributed by atoms with E-state index in [1.54, 1.807) is 0 Å². The molecule has 0 radical (unpaired) electrons. The van der Waals surface area contributed by atoms with E-state index in [-0.39, 0.29) is 18.1 Å². The number of ether oxygens (including phenoxy) is 1. The quantitative estimate of drug-likeness (QED) is 0.808. The molecule has 0 aliphatic heterocycles. The summed E-state index contributed by atoms with van der Waals surface area (Å²) in [7, 11) is 0. The van der Waals surface area contributed by atoms with Gasteiger partial charge in [0.2, 0.25) is 0 Å². The molecule has 110 valence electrons. The highest BCUT2D eigenvalue weighted by atomic mass is 16.5. The van der Waals surface area contributed by atoms with Crippen molar-refractivity contribution in [1.29, 1.82) is 0 Å². The Bertz CT molecular complexity index is 552. The minimum atomic E-state index is -0.192. The van der Waals surface area contributed by atoms with Crippen LogP contribution in [-0.4, -0.2) is 12.1 Å². The molecule has 3 heteroatoms. The van der Waals surface area contributed by atoms with Gasteiger partial charge in [-0.05, 0) is 31.5 Å². The Balaban J connectivity index is 2.13. The van der Waals surface area contributed by atoms with Crippen molar-refractivity contribution < 1.29 is 9.53 Å². The standard InChI is InChI=1S/C18H21NO2/c1-14(2)21-18(20)13-17(15-9-5-3-6-10-15)19-16-11-7-4-8-12-16/h3-12,14,17,19H,13H2,1-2H3. The molecule has 0 spiro atoms. The van der Waals surface area contributed by atoms with E-state index in [9.17, 15) is 4.79 Å². The van der Waals surface area contributed by atoms with Gasteiger partial charge in [-0.15, -0.1) is 0 Å². The van der Waals surface area contributed by atoms with E-state index in [0.29, 0.717) is 6.42 Å².